The Labute approximate surface area is 137 Å². The fourth-order valence-electron chi connectivity index (χ4n) is 3.18. The number of piperidine rings is 1. The van der Waals surface area contributed by atoms with Crippen molar-refractivity contribution < 1.29 is 18.0 Å². The van der Waals surface area contributed by atoms with Crippen LogP contribution in [0, 0.1) is 0 Å². The number of benzene rings is 1. The molecule has 0 spiro atoms. The van der Waals surface area contributed by atoms with Crippen LogP contribution in [-0.4, -0.2) is 45.8 Å². The third kappa shape index (κ3) is 3.53. The number of rotatable bonds is 3. The van der Waals surface area contributed by atoms with Gasteiger partial charge in [-0.15, -0.1) is 0 Å². The molecule has 2 atom stereocenters. The van der Waals surface area contributed by atoms with E-state index in [2.05, 4.69) is 15.5 Å². The first kappa shape index (κ1) is 16.8. The first-order valence-corrected chi connectivity index (χ1v) is 7.84. The molecule has 1 aromatic heterocycles. The number of H-pyrrole nitrogens is 1. The highest BCUT2D eigenvalue weighted by atomic mass is 19.4. The van der Waals surface area contributed by atoms with Gasteiger partial charge in [-0.1, -0.05) is 12.1 Å². The largest absolute Gasteiger partial charge is 0.408 e. The van der Waals surface area contributed by atoms with Gasteiger partial charge in [0, 0.05) is 31.4 Å². The lowest BCUT2D eigenvalue weighted by Crippen LogP contribution is -2.56. The monoisotopic (exact) mass is 340 g/mol. The average Bonchev–Trinajstić information content (AvgIpc) is 2.99. The molecule has 2 N–H and O–H groups in total. The molecule has 5 nitrogen and oxygen atoms in total. The Balaban J connectivity index is 1.62. The van der Waals surface area contributed by atoms with Crippen LogP contribution in [0.5, 0.6) is 0 Å². The van der Waals surface area contributed by atoms with E-state index in [-0.39, 0.29) is 19.0 Å². The van der Waals surface area contributed by atoms with E-state index in [0.717, 1.165) is 21.4 Å². The topological polar surface area (TPSA) is 61.0 Å². The number of hydrogen-bond donors (Lipinski definition) is 2. The second-order valence-electron chi connectivity index (χ2n) is 6.18. The van der Waals surface area contributed by atoms with Crippen LogP contribution in [-0.2, 0) is 11.3 Å². The van der Waals surface area contributed by atoms with Gasteiger partial charge < -0.3 is 10.2 Å². The maximum absolute atomic E-state index is 13.0. The van der Waals surface area contributed by atoms with Gasteiger partial charge in [-0.05, 0) is 24.5 Å². The molecular weight excluding hydrogens is 321 g/mol. The number of fused-ring (bicyclic) bond motifs is 1. The fraction of sp³-hybridized carbons (Fsp3) is 0.500. The standard InChI is InChI=1S/C16H19F3N4O/c1-10(24)23-9-13(4-5-15(23)16(17,18)19)20-7-11-2-3-12-8-21-22-14(12)6-11/h2-3,6,8,13,15,20H,4-5,7,9H2,1H3,(H,21,22). The summed E-state index contributed by atoms with van der Waals surface area (Å²) in [5.74, 6) is -0.539. The van der Waals surface area contributed by atoms with E-state index in [1.165, 1.54) is 6.92 Å². The lowest BCUT2D eigenvalue weighted by atomic mass is 9.97. The predicted molar refractivity (Wildman–Crippen MR) is 83.2 cm³/mol. The third-order valence-electron chi connectivity index (χ3n) is 4.47. The van der Waals surface area contributed by atoms with Crippen molar-refractivity contribution in [1.29, 1.82) is 0 Å². The van der Waals surface area contributed by atoms with Crippen LogP contribution in [0.1, 0.15) is 25.3 Å². The van der Waals surface area contributed by atoms with Crippen LogP contribution < -0.4 is 5.32 Å². The molecule has 2 aromatic rings. The van der Waals surface area contributed by atoms with Crippen LogP contribution in [0.15, 0.2) is 24.4 Å². The van der Waals surface area contributed by atoms with Crippen LogP contribution in [0.3, 0.4) is 0 Å². The first-order valence-electron chi connectivity index (χ1n) is 7.84. The number of nitrogens with one attached hydrogen (secondary N) is 2. The third-order valence-corrected chi connectivity index (χ3v) is 4.47. The first-order chi connectivity index (χ1) is 11.3. The molecule has 1 fully saturated rings. The van der Waals surface area contributed by atoms with E-state index in [9.17, 15) is 18.0 Å². The van der Waals surface area contributed by atoms with E-state index in [4.69, 9.17) is 0 Å². The van der Waals surface area contributed by atoms with E-state index >= 15 is 0 Å². The molecule has 24 heavy (non-hydrogen) atoms. The number of aromatic amines is 1. The Hall–Kier alpha value is -2.09. The number of aromatic nitrogens is 2. The summed E-state index contributed by atoms with van der Waals surface area (Å²) in [6.45, 7) is 1.79. The van der Waals surface area contributed by atoms with Crippen molar-refractivity contribution in [3.63, 3.8) is 0 Å². The summed E-state index contributed by atoms with van der Waals surface area (Å²) >= 11 is 0. The molecule has 130 valence electrons. The summed E-state index contributed by atoms with van der Waals surface area (Å²) in [7, 11) is 0. The highest BCUT2D eigenvalue weighted by Crippen LogP contribution is 2.32. The molecule has 1 aliphatic rings. The highest BCUT2D eigenvalue weighted by Gasteiger charge is 2.47. The van der Waals surface area contributed by atoms with Crippen molar-refractivity contribution in [2.24, 2.45) is 0 Å². The Morgan fingerprint density at radius 2 is 2.21 bits per heavy atom. The Kier molecular flexibility index (Phi) is 4.49. The van der Waals surface area contributed by atoms with Gasteiger partial charge in [0.25, 0.3) is 0 Å². The van der Waals surface area contributed by atoms with Crippen LogP contribution in [0.25, 0.3) is 10.9 Å². The number of halogens is 3. The van der Waals surface area contributed by atoms with Gasteiger partial charge in [-0.25, -0.2) is 0 Å². The molecule has 0 aliphatic carbocycles. The number of amides is 1. The van der Waals surface area contributed by atoms with Gasteiger partial charge in [-0.3, -0.25) is 9.89 Å². The smallest absolute Gasteiger partial charge is 0.329 e. The van der Waals surface area contributed by atoms with Gasteiger partial charge in [0.05, 0.1) is 11.7 Å². The molecule has 1 aromatic carbocycles. The zero-order valence-corrected chi connectivity index (χ0v) is 13.2. The summed E-state index contributed by atoms with van der Waals surface area (Å²) in [5, 5.41) is 11.1. The zero-order valence-electron chi connectivity index (χ0n) is 13.2. The van der Waals surface area contributed by atoms with Crippen molar-refractivity contribution in [1.82, 2.24) is 20.4 Å². The van der Waals surface area contributed by atoms with Gasteiger partial charge in [0.15, 0.2) is 0 Å². The molecule has 1 saturated heterocycles. The van der Waals surface area contributed by atoms with Gasteiger partial charge in [0.1, 0.15) is 6.04 Å². The zero-order chi connectivity index (χ0) is 17.3. The summed E-state index contributed by atoms with van der Waals surface area (Å²) < 4.78 is 39.1. The number of nitrogens with zero attached hydrogens (tertiary/aromatic N) is 2. The minimum Gasteiger partial charge on any atom is -0.329 e. The summed E-state index contributed by atoms with van der Waals surface area (Å²) in [4.78, 5) is 12.5. The molecule has 0 radical (unpaired) electrons. The lowest BCUT2D eigenvalue weighted by molar-refractivity contribution is -0.196. The number of carbonyl (C=O) groups excluding carboxylic acids is 1. The Bertz CT molecular complexity index is 727. The van der Waals surface area contributed by atoms with Crippen LogP contribution in [0.2, 0.25) is 0 Å². The number of carbonyl (C=O) groups is 1. The van der Waals surface area contributed by atoms with Crippen molar-refractivity contribution in [3.8, 4) is 0 Å². The minimum atomic E-state index is -4.37. The van der Waals surface area contributed by atoms with Crippen LogP contribution in [0.4, 0.5) is 13.2 Å². The molecule has 2 heterocycles. The van der Waals surface area contributed by atoms with E-state index < -0.39 is 18.1 Å². The fourth-order valence-corrected chi connectivity index (χ4v) is 3.18. The summed E-state index contributed by atoms with van der Waals surface area (Å²) in [6.07, 6.45) is -2.32. The Morgan fingerprint density at radius 1 is 1.42 bits per heavy atom. The maximum atomic E-state index is 13.0. The number of hydrogen-bond acceptors (Lipinski definition) is 3. The SMILES string of the molecule is CC(=O)N1CC(NCc2ccc3cn[nH]c3c2)CCC1C(F)(F)F. The van der Waals surface area contributed by atoms with Gasteiger partial charge >= 0.3 is 6.18 Å². The molecule has 2 unspecified atom stereocenters. The molecule has 0 bridgehead atoms. The van der Waals surface area contributed by atoms with E-state index in [1.807, 2.05) is 18.2 Å². The quantitative estimate of drug-likeness (QED) is 0.903. The van der Waals surface area contributed by atoms with Crippen molar-refractivity contribution in [3.05, 3.63) is 30.0 Å². The Morgan fingerprint density at radius 3 is 2.92 bits per heavy atom. The van der Waals surface area contributed by atoms with Crippen LogP contribution >= 0.6 is 0 Å². The summed E-state index contributed by atoms with van der Waals surface area (Å²) in [6, 6.07) is 4.03. The molecule has 1 amide bonds. The van der Waals surface area contributed by atoms with Gasteiger partial charge in [0.2, 0.25) is 5.91 Å². The summed E-state index contributed by atoms with van der Waals surface area (Å²) in [5.41, 5.74) is 1.93. The minimum absolute atomic E-state index is 0.0691. The van der Waals surface area contributed by atoms with Gasteiger partial charge in [-0.2, -0.15) is 18.3 Å². The van der Waals surface area contributed by atoms with Crippen molar-refractivity contribution in [2.45, 2.75) is 44.6 Å². The maximum Gasteiger partial charge on any atom is 0.408 e. The normalized spacial score (nSPS) is 22.1. The highest BCUT2D eigenvalue weighted by molar-refractivity contribution is 5.78. The second kappa shape index (κ2) is 6.43. The molecule has 1 aliphatic heterocycles. The molecular formula is C16H19F3N4O. The average molecular weight is 340 g/mol. The lowest BCUT2D eigenvalue weighted by Gasteiger charge is -2.40. The number of likely N-dealkylation sites (tertiary alicyclic amines) is 1. The van der Waals surface area contributed by atoms with E-state index in [0.29, 0.717) is 13.0 Å². The van der Waals surface area contributed by atoms with Crippen molar-refractivity contribution >= 4 is 16.8 Å². The van der Waals surface area contributed by atoms with E-state index in [1.54, 1.807) is 6.20 Å². The number of alkyl halides is 3. The second-order valence-corrected chi connectivity index (χ2v) is 6.18. The molecule has 3 rings (SSSR count). The molecule has 0 saturated carbocycles. The predicted octanol–water partition coefficient (Wildman–Crippen LogP) is 2.59. The van der Waals surface area contributed by atoms with Crippen molar-refractivity contribution in [2.75, 3.05) is 6.54 Å². The molecule has 8 heteroatoms.